The van der Waals surface area contributed by atoms with Crippen molar-refractivity contribution >= 4 is 21.8 Å². The lowest BCUT2D eigenvalue weighted by molar-refractivity contribution is 0.0158. The molecule has 21 heavy (non-hydrogen) atoms. The zero-order chi connectivity index (χ0) is 15.2. The summed E-state index contributed by atoms with van der Waals surface area (Å²) in [5, 5.41) is 0.804. The molecule has 1 aromatic rings. The Bertz CT molecular complexity index is 490. The predicted molar refractivity (Wildman–Crippen MR) is 81.6 cm³/mol. The summed E-state index contributed by atoms with van der Waals surface area (Å²) < 4.78 is 24.7. The Kier molecular flexibility index (Phi) is 5.99. The SMILES string of the molecule is COc1cccc(F)c1C(=O)N1CCC(OCCBr)CC1. The van der Waals surface area contributed by atoms with E-state index in [0.29, 0.717) is 19.7 Å². The maximum Gasteiger partial charge on any atom is 0.260 e. The smallest absolute Gasteiger partial charge is 0.260 e. The van der Waals surface area contributed by atoms with Crippen LogP contribution in [0.5, 0.6) is 5.75 Å². The van der Waals surface area contributed by atoms with Gasteiger partial charge in [0.05, 0.1) is 19.8 Å². The summed E-state index contributed by atoms with van der Waals surface area (Å²) in [4.78, 5) is 14.1. The second kappa shape index (κ2) is 7.75. The molecule has 0 aromatic heterocycles. The number of hydrogen-bond acceptors (Lipinski definition) is 3. The number of alkyl halides is 1. The van der Waals surface area contributed by atoms with Crippen LogP contribution in [0.1, 0.15) is 23.2 Å². The molecule has 0 unspecified atom stereocenters. The van der Waals surface area contributed by atoms with Crippen molar-refractivity contribution in [3.05, 3.63) is 29.6 Å². The van der Waals surface area contributed by atoms with E-state index in [9.17, 15) is 9.18 Å². The monoisotopic (exact) mass is 359 g/mol. The lowest BCUT2D eigenvalue weighted by atomic mass is 10.1. The molecule has 0 saturated carbocycles. The Labute approximate surface area is 132 Å². The third-order valence-corrected chi connectivity index (χ3v) is 3.89. The minimum absolute atomic E-state index is 0.0137. The highest BCUT2D eigenvalue weighted by atomic mass is 79.9. The van der Waals surface area contributed by atoms with Crippen molar-refractivity contribution in [1.29, 1.82) is 0 Å². The summed E-state index contributed by atoms with van der Waals surface area (Å²) in [6.45, 7) is 1.81. The number of hydrogen-bond donors (Lipinski definition) is 0. The van der Waals surface area contributed by atoms with E-state index in [0.717, 1.165) is 18.2 Å². The fourth-order valence-electron chi connectivity index (χ4n) is 2.48. The third kappa shape index (κ3) is 3.95. The van der Waals surface area contributed by atoms with E-state index < -0.39 is 5.82 Å². The van der Waals surface area contributed by atoms with Crippen LogP contribution in [0.15, 0.2) is 18.2 Å². The van der Waals surface area contributed by atoms with Gasteiger partial charge in [0.25, 0.3) is 5.91 Å². The first kappa shape index (κ1) is 16.2. The van der Waals surface area contributed by atoms with Crippen molar-refractivity contribution in [2.24, 2.45) is 0 Å². The topological polar surface area (TPSA) is 38.8 Å². The molecule has 6 heteroatoms. The number of carbonyl (C=O) groups excluding carboxylic acids is 1. The molecule has 1 amide bonds. The minimum atomic E-state index is -0.544. The molecule has 0 spiro atoms. The first-order valence-corrected chi connectivity index (χ1v) is 8.09. The molecule has 0 atom stereocenters. The van der Waals surface area contributed by atoms with Gasteiger partial charge in [0.1, 0.15) is 17.1 Å². The van der Waals surface area contributed by atoms with E-state index in [-0.39, 0.29) is 23.3 Å². The average molecular weight is 360 g/mol. The molecular formula is C15H19BrFNO3. The van der Waals surface area contributed by atoms with Crippen LogP contribution in [0.3, 0.4) is 0 Å². The van der Waals surface area contributed by atoms with Crippen LogP contribution < -0.4 is 4.74 Å². The summed E-state index contributed by atoms with van der Waals surface area (Å²) >= 11 is 3.32. The molecule has 2 rings (SSSR count). The lowest BCUT2D eigenvalue weighted by Crippen LogP contribution is -2.41. The van der Waals surface area contributed by atoms with Crippen LogP contribution in [-0.2, 0) is 4.74 Å². The molecular weight excluding hydrogens is 341 g/mol. The van der Waals surface area contributed by atoms with Crippen molar-refractivity contribution in [2.75, 3.05) is 32.1 Å². The van der Waals surface area contributed by atoms with E-state index in [1.54, 1.807) is 11.0 Å². The number of amides is 1. The number of methoxy groups -OCH3 is 1. The number of likely N-dealkylation sites (tertiary alicyclic amines) is 1. The van der Waals surface area contributed by atoms with Crippen LogP contribution in [0.4, 0.5) is 4.39 Å². The zero-order valence-corrected chi connectivity index (χ0v) is 13.6. The van der Waals surface area contributed by atoms with E-state index in [1.807, 2.05) is 0 Å². The number of piperidine rings is 1. The molecule has 1 fully saturated rings. The van der Waals surface area contributed by atoms with E-state index in [1.165, 1.54) is 19.2 Å². The number of carbonyl (C=O) groups is 1. The Morgan fingerprint density at radius 3 is 2.76 bits per heavy atom. The highest BCUT2D eigenvalue weighted by Gasteiger charge is 2.27. The molecule has 1 aromatic carbocycles. The number of ether oxygens (including phenoxy) is 2. The van der Waals surface area contributed by atoms with Crippen molar-refractivity contribution in [3.8, 4) is 5.75 Å². The second-order valence-electron chi connectivity index (χ2n) is 4.87. The van der Waals surface area contributed by atoms with Crippen LogP contribution in [0.2, 0.25) is 0 Å². The van der Waals surface area contributed by atoms with Crippen LogP contribution >= 0.6 is 15.9 Å². The molecule has 4 nitrogen and oxygen atoms in total. The molecule has 0 bridgehead atoms. The summed E-state index contributed by atoms with van der Waals surface area (Å²) in [7, 11) is 1.44. The Morgan fingerprint density at radius 1 is 1.43 bits per heavy atom. The summed E-state index contributed by atoms with van der Waals surface area (Å²) in [6, 6.07) is 4.41. The predicted octanol–water partition coefficient (Wildman–Crippen LogP) is 2.85. The Balaban J connectivity index is 2.02. The summed E-state index contributed by atoms with van der Waals surface area (Å²) in [5.41, 5.74) is 0.0137. The largest absolute Gasteiger partial charge is 0.496 e. The maximum atomic E-state index is 13.9. The average Bonchev–Trinajstić information content (AvgIpc) is 2.52. The molecule has 1 saturated heterocycles. The molecule has 0 N–H and O–H groups in total. The van der Waals surface area contributed by atoms with Gasteiger partial charge in [-0.05, 0) is 25.0 Å². The van der Waals surface area contributed by atoms with Gasteiger partial charge in [0.2, 0.25) is 0 Å². The molecule has 1 aliphatic heterocycles. The van der Waals surface area contributed by atoms with Gasteiger partial charge in [-0.15, -0.1) is 0 Å². The lowest BCUT2D eigenvalue weighted by Gasteiger charge is -2.32. The van der Waals surface area contributed by atoms with Crippen LogP contribution in [0.25, 0.3) is 0 Å². The van der Waals surface area contributed by atoms with Gasteiger partial charge >= 0.3 is 0 Å². The van der Waals surface area contributed by atoms with E-state index in [4.69, 9.17) is 9.47 Å². The number of halogens is 2. The first-order valence-electron chi connectivity index (χ1n) is 6.96. The van der Waals surface area contributed by atoms with Crippen molar-refractivity contribution in [2.45, 2.75) is 18.9 Å². The maximum absolute atomic E-state index is 13.9. The van der Waals surface area contributed by atoms with Gasteiger partial charge < -0.3 is 14.4 Å². The number of nitrogens with zero attached hydrogens (tertiary/aromatic N) is 1. The quantitative estimate of drug-likeness (QED) is 0.758. The Hall–Kier alpha value is -1.14. The van der Waals surface area contributed by atoms with Crippen LogP contribution in [0, 0.1) is 5.82 Å². The molecule has 1 heterocycles. The molecule has 1 aliphatic rings. The highest BCUT2D eigenvalue weighted by Crippen LogP contribution is 2.25. The first-order chi connectivity index (χ1) is 10.2. The van der Waals surface area contributed by atoms with Gasteiger partial charge in [-0.1, -0.05) is 22.0 Å². The highest BCUT2D eigenvalue weighted by molar-refractivity contribution is 9.09. The summed E-state index contributed by atoms with van der Waals surface area (Å²) in [5.74, 6) is -0.585. The standard InChI is InChI=1S/C15H19BrFNO3/c1-20-13-4-2-3-12(17)14(13)15(19)18-8-5-11(6-9-18)21-10-7-16/h2-4,11H,5-10H2,1H3. The van der Waals surface area contributed by atoms with Gasteiger partial charge in [0.15, 0.2) is 0 Å². The normalized spacial score (nSPS) is 16.0. The van der Waals surface area contributed by atoms with E-state index >= 15 is 0 Å². The van der Waals surface area contributed by atoms with Gasteiger partial charge in [-0.25, -0.2) is 4.39 Å². The fraction of sp³-hybridized carbons (Fsp3) is 0.533. The molecule has 0 radical (unpaired) electrons. The zero-order valence-electron chi connectivity index (χ0n) is 12.0. The van der Waals surface area contributed by atoms with Crippen molar-refractivity contribution in [3.63, 3.8) is 0 Å². The van der Waals surface area contributed by atoms with E-state index in [2.05, 4.69) is 15.9 Å². The number of rotatable bonds is 5. The van der Waals surface area contributed by atoms with Gasteiger partial charge in [-0.2, -0.15) is 0 Å². The second-order valence-corrected chi connectivity index (χ2v) is 5.66. The molecule has 0 aliphatic carbocycles. The van der Waals surface area contributed by atoms with Gasteiger partial charge in [-0.3, -0.25) is 4.79 Å². The van der Waals surface area contributed by atoms with Crippen molar-refractivity contribution < 1.29 is 18.7 Å². The minimum Gasteiger partial charge on any atom is -0.496 e. The Morgan fingerprint density at radius 2 is 2.14 bits per heavy atom. The fourth-order valence-corrected chi connectivity index (χ4v) is 2.66. The van der Waals surface area contributed by atoms with Crippen LogP contribution in [-0.4, -0.2) is 49.0 Å². The van der Waals surface area contributed by atoms with Crippen molar-refractivity contribution in [1.82, 2.24) is 4.90 Å². The van der Waals surface area contributed by atoms with Gasteiger partial charge in [0, 0.05) is 18.4 Å². The number of benzene rings is 1. The molecule has 116 valence electrons. The third-order valence-electron chi connectivity index (χ3n) is 3.57. The summed E-state index contributed by atoms with van der Waals surface area (Å²) in [6.07, 6.45) is 1.72.